The van der Waals surface area contributed by atoms with Crippen LogP contribution < -0.4 is 10.0 Å². The van der Waals surface area contributed by atoms with E-state index in [0.717, 1.165) is 13.0 Å². The van der Waals surface area contributed by atoms with Crippen molar-refractivity contribution in [2.24, 2.45) is 0 Å². The molecule has 0 saturated heterocycles. The van der Waals surface area contributed by atoms with E-state index in [9.17, 15) is 33.3 Å². The Hall–Kier alpha value is -2.51. The number of carbonyl (C=O) groups is 2. The largest absolute Gasteiger partial charge is 0.478 e. The summed E-state index contributed by atoms with van der Waals surface area (Å²) in [6.45, 7) is 0.255. The number of carbonyl (C=O) groups excluding carboxylic acids is 1. The molecule has 1 aromatic rings. The Bertz CT molecular complexity index is 872. The predicted molar refractivity (Wildman–Crippen MR) is 97.8 cm³/mol. The normalized spacial score (nSPS) is 24.0. The molecule has 2 rings (SSSR count). The van der Waals surface area contributed by atoms with E-state index in [1.807, 2.05) is 0 Å². The second-order valence-corrected chi connectivity index (χ2v) is 8.06. The van der Waals surface area contributed by atoms with Gasteiger partial charge in [0.25, 0.3) is 0 Å². The van der Waals surface area contributed by atoms with E-state index in [2.05, 4.69) is 10.0 Å². The molecule has 1 amide bonds. The van der Waals surface area contributed by atoms with Gasteiger partial charge < -0.3 is 30.5 Å². The SMILES string of the molecule is CC(=O)N[C@H]1[C@H]([C@H](O)C(O)CO)OC(C(=O)O)=C[C@H]1NS(=O)(=O)c1ccccc1. The summed E-state index contributed by atoms with van der Waals surface area (Å²) in [5, 5.41) is 40.8. The molecule has 11 nitrogen and oxygen atoms in total. The second kappa shape index (κ2) is 9.33. The number of aliphatic carboxylic acids is 1. The molecule has 0 radical (unpaired) electrons. The average Bonchev–Trinajstić information content (AvgIpc) is 2.67. The van der Waals surface area contributed by atoms with Crippen LogP contribution in [0.2, 0.25) is 0 Å². The van der Waals surface area contributed by atoms with Crippen molar-refractivity contribution in [2.45, 2.75) is 42.2 Å². The molecule has 1 aliphatic heterocycles. The Balaban J connectivity index is 2.47. The number of benzene rings is 1. The van der Waals surface area contributed by atoms with Crippen molar-refractivity contribution in [3.63, 3.8) is 0 Å². The first-order valence-corrected chi connectivity index (χ1v) is 9.98. The fourth-order valence-electron chi connectivity index (χ4n) is 2.82. The van der Waals surface area contributed by atoms with Crippen molar-refractivity contribution in [3.8, 4) is 0 Å². The van der Waals surface area contributed by atoms with Crippen LogP contribution in [0.1, 0.15) is 6.92 Å². The molecule has 0 fully saturated rings. The quantitative estimate of drug-likeness (QED) is 0.269. The number of aliphatic hydroxyl groups is 3. The van der Waals surface area contributed by atoms with Crippen LogP contribution in [-0.4, -0.2) is 77.7 Å². The van der Waals surface area contributed by atoms with Gasteiger partial charge in [-0.1, -0.05) is 18.2 Å². The van der Waals surface area contributed by atoms with Crippen molar-refractivity contribution in [3.05, 3.63) is 42.2 Å². The lowest BCUT2D eigenvalue weighted by Gasteiger charge is -2.39. The highest BCUT2D eigenvalue weighted by Gasteiger charge is 2.44. The van der Waals surface area contributed by atoms with Crippen LogP contribution in [0, 0.1) is 0 Å². The monoisotopic (exact) mass is 430 g/mol. The number of ether oxygens (including phenoxy) is 1. The van der Waals surface area contributed by atoms with E-state index < -0.39 is 64.7 Å². The van der Waals surface area contributed by atoms with Gasteiger partial charge in [-0.3, -0.25) is 4.79 Å². The standard InChI is InChI=1S/C17H22N2O9S/c1-9(21)18-14-11(19-29(26,27)10-5-3-2-4-6-10)7-13(17(24)25)28-16(14)15(23)12(22)8-20/h2-7,11-12,14-16,19-20,22-23H,8H2,1H3,(H,18,21)(H,24,25)/t11-,12?,14-,15-,16-/m1/s1. The minimum absolute atomic E-state index is 0.106. The van der Waals surface area contributed by atoms with Gasteiger partial charge in [-0.15, -0.1) is 0 Å². The molecule has 160 valence electrons. The van der Waals surface area contributed by atoms with E-state index in [1.54, 1.807) is 6.07 Å². The van der Waals surface area contributed by atoms with Crippen molar-refractivity contribution < 1.29 is 43.2 Å². The first-order valence-electron chi connectivity index (χ1n) is 8.50. The Kier molecular flexibility index (Phi) is 7.32. The van der Waals surface area contributed by atoms with Crippen molar-refractivity contribution in [1.82, 2.24) is 10.0 Å². The van der Waals surface area contributed by atoms with Gasteiger partial charge in [-0.25, -0.2) is 17.9 Å². The van der Waals surface area contributed by atoms with Crippen LogP contribution in [0.25, 0.3) is 0 Å². The number of carboxylic acid groups (broad SMARTS) is 1. The molecule has 1 aliphatic rings. The number of hydrogen-bond acceptors (Lipinski definition) is 8. The number of carboxylic acids is 1. The van der Waals surface area contributed by atoms with Gasteiger partial charge in [0.1, 0.15) is 18.3 Å². The zero-order valence-corrected chi connectivity index (χ0v) is 16.1. The third-order valence-corrected chi connectivity index (χ3v) is 5.65. The number of amides is 1. The highest BCUT2D eigenvalue weighted by molar-refractivity contribution is 7.89. The summed E-state index contributed by atoms with van der Waals surface area (Å²) in [5.74, 6) is -2.86. The van der Waals surface area contributed by atoms with Gasteiger partial charge in [-0.2, -0.15) is 0 Å². The van der Waals surface area contributed by atoms with E-state index >= 15 is 0 Å². The third-order valence-electron chi connectivity index (χ3n) is 4.18. The maximum Gasteiger partial charge on any atom is 0.370 e. The summed E-state index contributed by atoms with van der Waals surface area (Å²) in [7, 11) is -4.14. The fraction of sp³-hybridized carbons (Fsp3) is 0.412. The van der Waals surface area contributed by atoms with Crippen LogP contribution in [0.15, 0.2) is 47.1 Å². The summed E-state index contributed by atoms with van der Waals surface area (Å²) in [5.41, 5.74) is 0. The molecule has 0 aromatic heterocycles. The van der Waals surface area contributed by atoms with Gasteiger partial charge in [0.05, 0.1) is 23.6 Å². The highest BCUT2D eigenvalue weighted by Crippen LogP contribution is 2.24. The van der Waals surface area contributed by atoms with Crippen LogP contribution in [0.4, 0.5) is 0 Å². The van der Waals surface area contributed by atoms with Gasteiger partial charge in [0.2, 0.25) is 21.7 Å². The number of aliphatic hydroxyl groups excluding tert-OH is 3. The molecule has 0 aliphatic carbocycles. The fourth-order valence-corrected chi connectivity index (χ4v) is 4.05. The Morgan fingerprint density at radius 3 is 2.34 bits per heavy atom. The number of sulfonamides is 1. The highest BCUT2D eigenvalue weighted by atomic mass is 32.2. The maximum absolute atomic E-state index is 12.7. The van der Waals surface area contributed by atoms with Crippen LogP contribution in [0.5, 0.6) is 0 Å². The lowest BCUT2D eigenvalue weighted by atomic mass is 9.92. The molecule has 29 heavy (non-hydrogen) atoms. The molecule has 0 spiro atoms. The second-order valence-electron chi connectivity index (χ2n) is 6.35. The minimum Gasteiger partial charge on any atom is -0.478 e. The van der Waals surface area contributed by atoms with E-state index in [-0.39, 0.29) is 4.90 Å². The molecule has 0 saturated carbocycles. The Labute approximate surface area is 166 Å². The van der Waals surface area contributed by atoms with Gasteiger partial charge in [0.15, 0.2) is 0 Å². The summed E-state index contributed by atoms with van der Waals surface area (Å²) in [4.78, 5) is 23.0. The molecule has 1 heterocycles. The Morgan fingerprint density at radius 1 is 1.21 bits per heavy atom. The summed E-state index contributed by atoms with van der Waals surface area (Å²) in [6.07, 6.45) is -4.18. The first kappa shape index (κ1) is 22.8. The number of hydrogen-bond donors (Lipinski definition) is 6. The topological polar surface area (TPSA) is 182 Å². The third kappa shape index (κ3) is 5.52. The Morgan fingerprint density at radius 2 is 1.83 bits per heavy atom. The predicted octanol–water partition coefficient (Wildman–Crippen LogP) is -2.08. The molecule has 1 unspecified atom stereocenters. The molecule has 0 bridgehead atoms. The van der Waals surface area contributed by atoms with Gasteiger partial charge >= 0.3 is 5.97 Å². The van der Waals surface area contributed by atoms with Crippen molar-refractivity contribution in [2.75, 3.05) is 6.61 Å². The van der Waals surface area contributed by atoms with Crippen molar-refractivity contribution >= 4 is 21.9 Å². The summed E-state index contributed by atoms with van der Waals surface area (Å²) >= 11 is 0. The molecule has 12 heteroatoms. The molecule has 6 N–H and O–H groups in total. The lowest BCUT2D eigenvalue weighted by Crippen LogP contribution is -2.63. The van der Waals surface area contributed by atoms with E-state index in [1.165, 1.54) is 24.3 Å². The van der Waals surface area contributed by atoms with Crippen LogP contribution in [-0.2, 0) is 24.3 Å². The first-order chi connectivity index (χ1) is 13.6. The van der Waals surface area contributed by atoms with E-state index in [4.69, 9.17) is 9.84 Å². The lowest BCUT2D eigenvalue weighted by molar-refractivity contribution is -0.146. The zero-order chi connectivity index (χ0) is 21.8. The molecular formula is C17H22N2O9S. The van der Waals surface area contributed by atoms with Crippen LogP contribution >= 0.6 is 0 Å². The average molecular weight is 430 g/mol. The smallest absolute Gasteiger partial charge is 0.370 e. The zero-order valence-electron chi connectivity index (χ0n) is 15.3. The van der Waals surface area contributed by atoms with E-state index in [0.29, 0.717) is 0 Å². The van der Waals surface area contributed by atoms with Gasteiger partial charge in [0, 0.05) is 6.92 Å². The molecule has 5 atom stereocenters. The number of nitrogens with one attached hydrogen (secondary N) is 2. The summed E-state index contributed by atoms with van der Waals surface area (Å²) < 4.78 is 32.8. The van der Waals surface area contributed by atoms with Crippen molar-refractivity contribution in [1.29, 1.82) is 0 Å². The van der Waals surface area contributed by atoms with Crippen LogP contribution in [0.3, 0.4) is 0 Å². The maximum atomic E-state index is 12.7. The number of rotatable bonds is 8. The van der Waals surface area contributed by atoms with Gasteiger partial charge in [-0.05, 0) is 18.2 Å². The minimum atomic E-state index is -4.14. The summed E-state index contributed by atoms with van der Waals surface area (Å²) in [6, 6.07) is 4.61. The molecular weight excluding hydrogens is 408 g/mol. The molecule has 1 aromatic carbocycles.